The van der Waals surface area contributed by atoms with Crippen LogP contribution < -0.4 is 4.74 Å². The van der Waals surface area contributed by atoms with Crippen LogP contribution in [0.25, 0.3) is 5.76 Å². The number of benzene rings is 3. The fourth-order valence-electron chi connectivity index (χ4n) is 3.77. The van der Waals surface area contributed by atoms with Gasteiger partial charge in [0.1, 0.15) is 11.5 Å². The van der Waals surface area contributed by atoms with Crippen LogP contribution in [0.2, 0.25) is 5.02 Å². The molecule has 3 aromatic rings. The highest BCUT2D eigenvalue weighted by atomic mass is 35.5. The maximum atomic E-state index is 13.1. The minimum Gasteiger partial charge on any atom is -0.507 e. The lowest BCUT2D eigenvalue weighted by Crippen LogP contribution is -2.29. The van der Waals surface area contributed by atoms with Crippen LogP contribution in [0.1, 0.15) is 22.7 Å². The highest BCUT2D eigenvalue weighted by Crippen LogP contribution is 2.41. The Labute approximate surface area is 185 Å². The summed E-state index contributed by atoms with van der Waals surface area (Å²) >= 11 is 6.20. The topological polar surface area (TPSA) is 66.8 Å². The van der Waals surface area contributed by atoms with E-state index in [1.165, 1.54) is 12.0 Å². The predicted octanol–water partition coefficient (Wildman–Crippen LogP) is 4.97. The third-order valence-electron chi connectivity index (χ3n) is 5.24. The van der Waals surface area contributed by atoms with Gasteiger partial charge in [-0.05, 0) is 35.4 Å². The second-order valence-corrected chi connectivity index (χ2v) is 7.64. The summed E-state index contributed by atoms with van der Waals surface area (Å²) < 4.78 is 5.23. The third-order valence-corrected chi connectivity index (χ3v) is 5.48. The maximum absolute atomic E-state index is 13.1. The van der Waals surface area contributed by atoms with Crippen LogP contribution in [0.5, 0.6) is 5.75 Å². The Morgan fingerprint density at radius 3 is 2.45 bits per heavy atom. The average molecular weight is 434 g/mol. The monoisotopic (exact) mass is 433 g/mol. The quantitative estimate of drug-likeness (QED) is 0.350. The van der Waals surface area contributed by atoms with E-state index >= 15 is 0 Å². The molecule has 1 unspecified atom stereocenters. The van der Waals surface area contributed by atoms with Crippen molar-refractivity contribution < 1.29 is 19.4 Å². The Morgan fingerprint density at radius 2 is 1.74 bits per heavy atom. The highest BCUT2D eigenvalue weighted by molar-refractivity contribution is 6.46. The molecule has 0 aliphatic carbocycles. The minimum absolute atomic E-state index is 0.0245. The molecule has 0 aromatic heterocycles. The number of rotatable bonds is 5. The molecule has 1 atom stereocenters. The molecule has 1 heterocycles. The molecule has 31 heavy (non-hydrogen) atoms. The molecule has 1 amide bonds. The van der Waals surface area contributed by atoms with Crippen molar-refractivity contribution in [1.29, 1.82) is 0 Å². The number of carbonyl (C=O) groups is 2. The lowest BCUT2D eigenvalue weighted by Gasteiger charge is -2.25. The van der Waals surface area contributed by atoms with E-state index < -0.39 is 17.7 Å². The van der Waals surface area contributed by atoms with Gasteiger partial charge >= 0.3 is 0 Å². The molecule has 0 bridgehead atoms. The Hall–Kier alpha value is -3.57. The van der Waals surface area contributed by atoms with Crippen molar-refractivity contribution in [2.24, 2.45) is 0 Å². The Morgan fingerprint density at radius 1 is 1.00 bits per heavy atom. The Kier molecular flexibility index (Phi) is 5.78. The van der Waals surface area contributed by atoms with Crippen molar-refractivity contribution >= 4 is 29.1 Å². The molecule has 1 aliphatic heterocycles. The number of ketones is 1. The van der Waals surface area contributed by atoms with Crippen molar-refractivity contribution in [2.45, 2.75) is 12.6 Å². The van der Waals surface area contributed by atoms with Crippen molar-refractivity contribution in [1.82, 2.24) is 4.90 Å². The van der Waals surface area contributed by atoms with Gasteiger partial charge in [0.05, 0.1) is 18.7 Å². The third kappa shape index (κ3) is 4.05. The summed E-state index contributed by atoms with van der Waals surface area (Å²) in [7, 11) is 1.52. The fourth-order valence-corrected chi connectivity index (χ4v) is 3.97. The van der Waals surface area contributed by atoms with E-state index in [1.54, 1.807) is 48.5 Å². The summed E-state index contributed by atoms with van der Waals surface area (Å²) in [5, 5.41) is 11.6. The zero-order valence-corrected chi connectivity index (χ0v) is 17.5. The molecule has 1 saturated heterocycles. The molecule has 0 saturated carbocycles. The van der Waals surface area contributed by atoms with Crippen molar-refractivity contribution in [3.05, 3.63) is 106 Å². The summed E-state index contributed by atoms with van der Waals surface area (Å²) in [6.07, 6.45) is 0. The number of likely N-dealkylation sites (tertiary alicyclic amines) is 1. The number of aliphatic hydroxyl groups is 1. The summed E-state index contributed by atoms with van der Waals surface area (Å²) in [5.74, 6) is -1.13. The molecule has 0 spiro atoms. The highest BCUT2D eigenvalue weighted by Gasteiger charge is 2.46. The first-order valence-corrected chi connectivity index (χ1v) is 10.1. The maximum Gasteiger partial charge on any atom is 0.295 e. The van der Waals surface area contributed by atoms with Gasteiger partial charge in [0.15, 0.2) is 0 Å². The average Bonchev–Trinajstić information content (AvgIpc) is 3.04. The lowest BCUT2D eigenvalue weighted by molar-refractivity contribution is -0.140. The zero-order chi connectivity index (χ0) is 22.0. The number of hydrogen-bond acceptors (Lipinski definition) is 4. The first kappa shape index (κ1) is 20.7. The SMILES string of the molecule is COc1cccc(C(O)=C2C(=O)C(=O)N(Cc3ccccc3)C2c2cccc(Cl)c2)c1. The summed E-state index contributed by atoms with van der Waals surface area (Å²) in [6, 6.07) is 22.3. The Balaban J connectivity index is 1.87. The standard InChI is InChI=1S/C25H20ClNO4/c1-31-20-12-6-10-18(14-20)23(28)21-22(17-9-5-11-19(26)13-17)27(25(30)24(21)29)15-16-7-3-2-4-8-16/h2-14,22,28H,15H2,1H3. The number of halogens is 1. The number of methoxy groups -OCH3 is 1. The number of Topliss-reactive ketones (excluding diaryl/α,β-unsaturated/α-hetero) is 1. The van der Waals surface area contributed by atoms with Crippen molar-refractivity contribution in [3.8, 4) is 5.75 Å². The largest absolute Gasteiger partial charge is 0.507 e. The van der Waals surface area contributed by atoms with E-state index in [9.17, 15) is 14.7 Å². The summed E-state index contributed by atoms with van der Waals surface area (Å²) in [4.78, 5) is 27.6. The van der Waals surface area contributed by atoms with Gasteiger partial charge in [0.2, 0.25) is 0 Å². The molecule has 0 radical (unpaired) electrons. The number of nitrogens with zero attached hydrogens (tertiary/aromatic N) is 1. The second kappa shape index (κ2) is 8.66. The molecule has 1 aliphatic rings. The van der Waals surface area contributed by atoms with Gasteiger partial charge < -0.3 is 14.7 Å². The van der Waals surface area contributed by atoms with Gasteiger partial charge in [-0.15, -0.1) is 0 Å². The number of amides is 1. The van der Waals surface area contributed by atoms with Crippen LogP contribution in [0.15, 0.2) is 84.4 Å². The fraction of sp³-hybridized carbons (Fsp3) is 0.120. The minimum atomic E-state index is -0.773. The lowest BCUT2D eigenvalue weighted by atomic mass is 9.95. The molecule has 156 valence electrons. The molecule has 1 fully saturated rings. The van der Waals surface area contributed by atoms with E-state index in [0.717, 1.165) is 5.56 Å². The van der Waals surface area contributed by atoms with E-state index in [2.05, 4.69) is 0 Å². The first-order valence-electron chi connectivity index (χ1n) is 9.72. The van der Waals surface area contributed by atoms with Gasteiger partial charge in [-0.3, -0.25) is 9.59 Å². The van der Waals surface area contributed by atoms with Gasteiger partial charge in [-0.25, -0.2) is 0 Å². The smallest absolute Gasteiger partial charge is 0.295 e. The van der Waals surface area contributed by atoms with Crippen LogP contribution in [0.4, 0.5) is 0 Å². The number of aliphatic hydroxyl groups excluding tert-OH is 1. The number of ether oxygens (including phenoxy) is 1. The van der Waals surface area contributed by atoms with Crippen molar-refractivity contribution in [2.75, 3.05) is 7.11 Å². The van der Waals surface area contributed by atoms with Crippen LogP contribution >= 0.6 is 11.6 Å². The second-order valence-electron chi connectivity index (χ2n) is 7.20. The van der Waals surface area contributed by atoms with Gasteiger partial charge in [0, 0.05) is 17.1 Å². The normalized spacial score (nSPS) is 17.7. The molecular formula is C25H20ClNO4. The summed E-state index contributed by atoms with van der Waals surface area (Å²) in [5.41, 5.74) is 1.94. The predicted molar refractivity (Wildman–Crippen MR) is 119 cm³/mol. The molecule has 4 rings (SSSR count). The number of carbonyl (C=O) groups excluding carboxylic acids is 2. The number of hydrogen-bond donors (Lipinski definition) is 1. The van der Waals surface area contributed by atoms with Crippen LogP contribution in [-0.2, 0) is 16.1 Å². The van der Waals surface area contributed by atoms with E-state index in [0.29, 0.717) is 21.9 Å². The van der Waals surface area contributed by atoms with E-state index in [4.69, 9.17) is 16.3 Å². The van der Waals surface area contributed by atoms with E-state index in [1.807, 2.05) is 30.3 Å². The molecule has 1 N–H and O–H groups in total. The molecular weight excluding hydrogens is 414 g/mol. The molecule has 5 nitrogen and oxygen atoms in total. The van der Waals surface area contributed by atoms with Crippen LogP contribution in [-0.4, -0.2) is 28.8 Å². The van der Waals surface area contributed by atoms with Gasteiger partial charge in [-0.1, -0.05) is 66.2 Å². The van der Waals surface area contributed by atoms with E-state index in [-0.39, 0.29) is 17.9 Å². The van der Waals surface area contributed by atoms with Crippen LogP contribution in [0, 0.1) is 0 Å². The first-order chi connectivity index (χ1) is 15.0. The Bertz CT molecular complexity index is 1170. The van der Waals surface area contributed by atoms with Crippen LogP contribution in [0.3, 0.4) is 0 Å². The van der Waals surface area contributed by atoms with Crippen molar-refractivity contribution in [3.63, 3.8) is 0 Å². The molecule has 3 aromatic carbocycles. The van der Waals surface area contributed by atoms with Gasteiger partial charge in [-0.2, -0.15) is 0 Å². The summed E-state index contributed by atoms with van der Waals surface area (Å²) in [6.45, 7) is 0.220. The molecule has 6 heteroatoms. The van der Waals surface area contributed by atoms with Gasteiger partial charge in [0.25, 0.3) is 11.7 Å². The zero-order valence-electron chi connectivity index (χ0n) is 16.8.